The molecule has 89 heavy (non-hydrogen) atoms. The van der Waals surface area contributed by atoms with Gasteiger partial charge in [0.25, 0.3) is 0 Å². The monoisotopic (exact) mass is 1180 g/mol. The molecule has 6 nitrogen and oxygen atoms in total. The molecule has 6 heterocycles. The second kappa shape index (κ2) is 35.1. The minimum atomic E-state index is 0.456. The molecule has 0 spiro atoms. The topological polar surface area (TPSA) is 77.3 Å². The lowest BCUT2D eigenvalue weighted by Gasteiger charge is -2.14. The van der Waals surface area contributed by atoms with Crippen LogP contribution in [0.5, 0.6) is 0 Å². The van der Waals surface area contributed by atoms with Gasteiger partial charge in [-0.25, -0.2) is 9.97 Å². The number of aromatic nitrogens is 6. The van der Waals surface area contributed by atoms with E-state index in [-0.39, 0.29) is 0 Å². The van der Waals surface area contributed by atoms with Gasteiger partial charge in [0.15, 0.2) is 0 Å². The van der Waals surface area contributed by atoms with Gasteiger partial charge in [-0.1, -0.05) is 259 Å². The lowest BCUT2D eigenvalue weighted by Crippen LogP contribution is -1.97. The fourth-order valence-corrected chi connectivity index (χ4v) is 9.87. The third kappa shape index (κ3) is 22.3. The van der Waals surface area contributed by atoms with Crippen molar-refractivity contribution in [2.45, 2.75) is 153 Å². The predicted molar refractivity (Wildman–Crippen MR) is 381 cm³/mol. The highest BCUT2D eigenvalue weighted by Gasteiger charge is 2.13. The third-order valence-electron chi connectivity index (χ3n) is 14.9. The van der Waals surface area contributed by atoms with Crippen molar-refractivity contribution >= 4 is 0 Å². The number of rotatable bonds is 11. The van der Waals surface area contributed by atoms with Crippen molar-refractivity contribution in [3.63, 3.8) is 0 Å². The van der Waals surface area contributed by atoms with Crippen LogP contribution in [0, 0.1) is 34.6 Å². The number of benzene rings is 5. The van der Waals surface area contributed by atoms with Crippen LogP contribution >= 0.6 is 0 Å². The summed E-state index contributed by atoms with van der Waals surface area (Å²) in [5.41, 5.74) is 24.4. The molecular formula is C83H96N6. The molecule has 458 valence electrons. The van der Waals surface area contributed by atoms with Crippen LogP contribution in [0.1, 0.15) is 181 Å². The van der Waals surface area contributed by atoms with Gasteiger partial charge in [0, 0.05) is 67.7 Å². The van der Waals surface area contributed by atoms with Gasteiger partial charge in [0.05, 0.1) is 28.5 Å². The maximum Gasteiger partial charge on any atom is 0.0744 e. The number of hydrogen-bond donors (Lipinski definition) is 0. The summed E-state index contributed by atoms with van der Waals surface area (Å²) in [6.07, 6.45) is 0. The van der Waals surface area contributed by atoms with Gasteiger partial charge in [0.1, 0.15) is 0 Å². The van der Waals surface area contributed by atoms with Crippen molar-refractivity contribution < 1.29 is 0 Å². The summed E-state index contributed by atoms with van der Waals surface area (Å²) in [6, 6.07) is 81.4. The van der Waals surface area contributed by atoms with Crippen molar-refractivity contribution in [1.82, 2.24) is 29.9 Å². The van der Waals surface area contributed by atoms with Gasteiger partial charge in [0.2, 0.25) is 0 Å². The van der Waals surface area contributed by atoms with E-state index >= 15 is 0 Å². The standard InChI is InChI=1S/2C20H19N.C14H15N.2C10H15N.C9H13N/c1-15(2)18-13-19(16-9-5-3-6-10-16)21-20(14-18)17-11-7-4-8-12-17;1-15(2)18-13-14-19(16-9-5-3-6-10-16)21-20(18)17-11-7-4-8-12-17;1-11(2)13-9-6-10-14(15-13)12-7-4-3-5-8-12;1-7(2)10-5-8(3)11-9(4)6-10;1-7(2)10-6-5-8(3)11-9(10)4;1-7(2)9-6-4-5-8(3)10-9/h2*3-15H,1-2H3;3-11H,1-2H3;2*5-7H,1-4H3;4-7H,1-3H3. The van der Waals surface area contributed by atoms with Gasteiger partial charge in [-0.05, 0) is 153 Å². The first kappa shape index (κ1) is 69.1. The fourth-order valence-electron chi connectivity index (χ4n) is 9.87. The average molecular weight is 1180 g/mol. The summed E-state index contributed by atoms with van der Waals surface area (Å²) in [5, 5.41) is 0. The number of hydrogen-bond acceptors (Lipinski definition) is 6. The Hall–Kier alpha value is -9.00. The van der Waals surface area contributed by atoms with Crippen LogP contribution in [-0.2, 0) is 0 Å². The van der Waals surface area contributed by atoms with E-state index in [1.165, 1.54) is 44.8 Å². The smallest absolute Gasteiger partial charge is 0.0744 e. The third-order valence-corrected chi connectivity index (χ3v) is 14.9. The normalized spacial score (nSPS) is 10.7. The highest BCUT2D eigenvalue weighted by molar-refractivity contribution is 5.70. The van der Waals surface area contributed by atoms with Crippen LogP contribution < -0.4 is 0 Å². The summed E-state index contributed by atoms with van der Waals surface area (Å²) in [5.74, 6) is 3.16. The van der Waals surface area contributed by atoms with E-state index in [0.717, 1.165) is 73.6 Å². The Morgan fingerprint density at radius 1 is 0.225 bits per heavy atom. The SMILES string of the molecule is CC(C)c1cc(-c2ccccc2)nc(-c2ccccc2)c1.CC(C)c1ccc(-c2ccccc2)nc1-c1ccccc1.CC(C)c1cccc(-c2ccccc2)n1.Cc1cc(C(C)C)cc(C)n1.Cc1ccc(C(C)C)c(C)n1.Cc1cccc(C(C)C)n1. The average Bonchev–Trinajstić information content (AvgIpc) is 3.70. The molecule has 0 aliphatic heterocycles. The molecule has 5 aromatic carbocycles. The largest absolute Gasteiger partial charge is 0.258 e. The van der Waals surface area contributed by atoms with Crippen molar-refractivity contribution in [2.24, 2.45) is 0 Å². The van der Waals surface area contributed by atoms with Gasteiger partial charge in [-0.2, -0.15) is 0 Å². The van der Waals surface area contributed by atoms with E-state index in [1.807, 2.05) is 76.2 Å². The zero-order valence-electron chi connectivity index (χ0n) is 56.2. The van der Waals surface area contributed by atoms with Crippen LogP contribution in [-0.4, -0.2) is 29.9 Å². The van der Waals surface area contributed by atoms with E-state index < -0.39 is 0 Å². The van der Waals surface area contributed by atoms with Crippen LogP contribution in [0.15, 0.2) is 237 Å². The molecule has 0 unspecified atom stereocenters. The maximum absolute atomic E-state index is 4.93. The quantitative estimate of drug-likeness (QED) is 0.128. The lowest BCUT2D eigenvalue weighted by atomic mass is 9.96. The Morgan fingerprint density at radius 2 is 0.596 bits per heavy atom. The molecule has 6 aromatic heterocycles. The van der Waals surface area contributed by atoms with Crippen LogP contribution in [0.2, 0.25) is 0 Å². The van der Waals surface area contributed by atoms with E-state index in [1.54, 1.807) is 0 Å². The molecular weight excluding hydrogens is 1080 g/mol. The summed E-state index contributed by atoms with van der Waals surface area (Å²) in [4.78, 5) is 27.5. The first-order valence-corrected chi connectivity index (χ1v) is 31.8. The molecule has 6 heteroatoms. The van der Waals surface area contributed by atoms with Crippen molar-refractivity contribution in [1.29, 1.82) is 0 Å². The highest BCUT2D eigenvalue weighted by atomic mass is 14.7. The van der Waals surface area contributed by atoms with E-state index in [0.29, 0.717) is 35.5 Å². The molecule has 0 bridgehead atoms. The Labute approximate surface area is 535 Å². The number of nitrogens with zero attached hydrogens (tertiary/aromatic N) is 6. The second-order valence-corrected chi connectivity index (χ2v) is 24.5. The molecule has 0 fully saturated rings. The predicted octanol–water partition coefficient (Wildman–Crippen LogP) is 23.1. The van der Waals surface area contributed by atoms with E-state index in [9.17, 15) is 0 Å². The Morgan fingerprint density at radius 3 is 0.989 bits per heavy atom. The second-order valence-electron chi connectivity index (χ2n) is 24.5. The highest BCUT2D eigenvalue weighted by Crippen LogP contribution is 2.32. The molecule has 0 saturated heterocycles. The first-order valence-electron chi connectivity index (χ1n) is 31.8. The van der Waals surface area contributed by atoms with Gasteiger partial charge < -0.3 is 0 Å². The minimum Gasteiger partial charge on any atom is -0.258 e. The van der Waals surface area contributed by atoms with Crippen molar-refractivity contribution in [3.05, 3.63) is 299 Å². The lowest BCUT2D eigenvalue weighted by molar-refractivity contribution is 0.815. The van der Waals surface area contributed by atoms with E-state index in [2.05, 4.69) is 298 Å². The molecule has 0 N–H and O–H groups in total. The van der Waals surface area contributed by atoms with Crippen molar-refractivity contribution in [3.8, 4) is 56.3 Å². The van der Waals surface area contributed by atoms with Crippen molar-refractivity contribution in [2.75, 3.05) is 0 Å². The zero-order valence-corrected chi connectivity index (χ0v) is 56.2. The first-order chi connectivity index (χ1) is 42.7. The summed E-state index contributed by atoms with van der Waals surface area (Å²) in [7, 11) is 0. The molecule has 11 aromatic rings. The Bertz CT molecular complexity index is 3760. The Balaban J connectivity index is 0.000000175. The van der Waals surface area contributed by atoms with Crippen LogP contribution in [0.3, 0.4) is 0 Å². The van der Waals surface area contributed by atoms with Crippen LogP contribution in [0.4, 0.5) is 0 Å². The molecule has 0 aliphatic carbocycles. The molecule has 0 radical (unpaired) electrons. The molecule has 0 atom stereocenters. The molecule has 0 saturated carbocycles. The van der Waals surface area contributed by atoms with Crippen LogP contribution in [0.25, 0.3) is 56.3 Å². The van der Waals surface area contributed by atoms with Gasteiger partial charge >= 0.3 is 0 Å². The number of pyridine rings is 6. The Kier molecular flexibility index (Phi) is 27.3. The van der Waals surface area contributed by atoms with E-state index in [4.69, 9.17) is 9.97 Å². The zero-order chi connectivity index (χ0) is 64.4. The molecule has 11 rings (SSSR count). The fraction of sp³-hybridized carbons (Fsp3) is 0.277. The maximum atomic E-state index is 4.93. The number of aryl methyl sites for hydroxylation is 5. The van der Waals surface area contributed by atoms with Gasteiger partial charge in [-0.15, -0.1) is 0 Å². The van der Waals surface area contributed by atoms with Gasteiger partial charge in [-0.3, -0.25) is 19.9 Å². The summed E-state index contributed by atoms with van der Waals surface area (Å²) in [6.45, 7) is 36.5. The summed E-state index contributed by atoms with van der Waals surface area (Å²) >= 11 is 0. The molecule has 0 aliphatic rings. The minimum absolute atomic E-state index is 0.456. The summed E-state index contributed by atoms with van der Waals surface area (Å²) < 4.78 is 0. The molecule has 0 amide bonds.